The minimum absolute atomic E-state index is 0.0414. The average Bonchev–Trinajstić information content (AvgIpc) is 2.92. The third kappa shape index (κ3) is 4.45. The normalized spacial score (nSPS) is 21.3. The molecule has 1 fully saturated rings. The maximum atomic E-state index is 5.54. The second kappa shape index (κ2) is 7.42. The number of nitrogens with zero attached hydrogens (tertiary/aromatic N) is 2. The van der Waals surface area contributed by atoms with Gasteiger partial charge in [0.2, 0.25) is 5.89 Å². The van der Waals surface area contributed by atoms with Gasteiger partial charge in [0.05, 0.1) is 32.0 Å². The molecule has 1 aliphatic rings. The van der Waals surface area contributed by atoms with Crippen LogP contribution in [0, 0.1) is 0 Å². The van der Waals surface area contributed by atoms with Gasteiger partial charge < -0.3 is 24.5 Å². The molecular weight excluding hydrogens is 248 g/mol. The second-order valence-corrected chi connectivity index (χ2v) is 4.57. The van der Waals surface area contributed by atoms with Crippen LogP contribution < -0.4 is 10.6 Å². The largest absolute Gasteiger partial charge is 0.406 e. The Bertz CT molecular complexity index is 366. The summed E-state index contributed by atoms with van der Waals surface area (Å²) >= 11 is 0. The predicted molar refractivity (Wildman–Crippen MR) is 70.1 cm³/mol. The van der Waals surface area contributed by atoms with Crippen molar-refractivity contribution in [2.24, 2.45) is 0 Å². The molecule has 1 aliphatic heterocycles. The summed E-state index contributed by atoms with van der Waals surface area (Å²) in [5.74, 6) is 0.594. The van der Waals surface area contributed by atoms with Crippen LogP contribution in [0.5, 0.6) is 0 Å². The zero-order valence-corrected chi connectivity index (χ0v) is 11.5. The third-order valence-corrected chi connectivity index (χ3v) is 2.88. The number of rotatable bonds is 7. The Kier molecular flexibility index (Phi) is 5.56. The molecular formula is C12H22N4O3. The maximum Gasteiger partial charge on any atom is 0.315 e. The highest BCUT2D eigenvalue weighted by atomic mass is 16.6. The zero-order valence-electron chi connectivity index (χ0n) is 11.5. The topological polar surface area (TPSA) is 81.4 Å². The van der Waals surface area contributed by atoms with Crippen molar-refractivity contribution in [2.45, 2.75) is 32.4 Å². The molecule has 19 heavy (non-hydrogen) atoms. The average molecular weight is 270 g/mol. The van der Waals surface area contributed by atoms with Crippen molar-refractivity contribution in [3.8, 4) is 0 Å². The molecule has 7 nitrogen and oxygen atoms in total. The number of nitrogens with one attached hydrogen (secondary N) is 2. The zero-order chi connectivity index (χ0) is 13.5. The summed E-state index contributed by atoms with van der Waals surface area (Å²) in [4.78, 5) is 0. The molecule has 0 radical (unpaired) electrons. The minimum atomic E-state index is 0.0414. The van der Waals surface area contributed by atoms with Crippen LogP contribution in [0.1, 0.15) is 32.2 Å². The summed E-state index contributed by atoms with van der Waals surface area (Å²) in [5.41, 5.74) is 0. The summed E-state index contributed by atoms with van der Waals surface area (Å²) < 4.78 is 16.4. The van der Waals surface area contributed by atoms with Gasteiger partial charge in [0.25, 0.3) is 0 Å². The lowest BCUT2D eigenvalue weighted by Crippen LogP contribution is -2.34. The lowest BCUT2D eigenvalue weighted by molar-refractivity contribution is -0.0820. The Hall–Kier alpha value is -1.18. The van der Waals surface area contributed by atoms with Gasteiger partial charge in [-0.1, -0.05) is 12.0 Å². The van der Waals surface area contributed by atoms with E-state index in [0.717, 1.165) is 13.0 Å². The standard InChI is InChI=1S/C12H22N4O3/c1-3-4-13-9(2)11-15-16-12(19-11)14-7-10-8-17-5-6-18-10/h9-10,13H,3-8H2,1-2H3,(H,14,16). The SMILES string of the molecule is CCCNC(C)c1nnc(NCC2COCCO2)o1. The van der Waals surface area contributed by atoms with Gasteiger partial charge in [-0.15, -0.1) is 5.10 Å². The first kappa shape index (κ1) is 14.2. The van der Waals surface area contributed by atoms with Crippen molar-refractivity contribution in [1.29, 1.82) is 0 Å². The molecule has 0 bridgehead atoms. The number of hydrogen-bond acceptors (Lipinski definition) is 7. The lowest BCUT2D eigenvalue weighted by atomic mass is 10.3. The Morgan fingerprint density at radius 3 is 3.00 bits per heavy atom. The van der Waals surface area contributed by atoms with Gasteiger partial charge in [-0.05, 0) is 19.9 Å². The minimum Gasteiger partial charge on any atom is -0.406 e. The van der Waals surface area contributed by atoms with E-state index in [0.29, 0.717) is 38.3 Å². The Labute approximate surface area is 113 Å². The van der Waals surface area contributed by atoms with Crippen molar-refractivity contribution >= 4 is 6.01 Å². The molecule has 108 valence electrons. The Morgan fingerprint density at radius 2 is 2.26 bits per heavy atom. The first-order chi connectivity index (χ1) is 9.29. The smallest absolute Gasteiger partial charge is 0.315 e. The number of ether oxygens (including phenoxy) is 2. The molecule has 0 saturated carbocycles. The Morgan fingerprint density at radius 1 is 1.37 bits per heavy atom. The van der Waals surface area contributed by atoms with Gasteiger partial charge in [0.1, 0.15) is 0 Å². The maximum absolute atomic E-state index is 5.54. The molecule has 0 spiro atoms. The molecule has 2 atom stereocenters. The fourth-order valence-electron chi connectivity index (χ4n) is 1.78. The van der Waals surface area contributed by atoms with E-state index in [4.69, 9.17) is 13.9 Å². The molecule has 2 heterocycles. The molecule has 7 heteroatoms. The van der Waals surface area contributed by atoms with Crippen molar-refractivity contribution < 1.29 is 13.9 Å². The van der Waals surface area contributed by atoms with Gasteiger partial charge in [0, 0.05) is 6.54 Å². The van der Waals surface area contributed by atoms with Crippen LogP contribution in [0.25, 0.3) is 0 Å². The summed E-state index contributed by atoms with van der Waals surface area (Å²) in [7, 11) is 0. The summed E-state index contributed by atoms with van der Waals surface area (Å²) in [6.07, 6.45) is 1.11. The van der Waals surface area contributed by atoms with Crippen molar-refractivity contribution in [1.82, 2.24) is 15.5 Å². The van der Waals surface area contributed by atoms with Gasteiger partial charge >= 0.3 is 6.01 Å². The van der Waals surface area contributed by atoms with Crippen LogP contribution in [0.2, 0.25) is 0 Å². The second-order valence-electron chi connectivity index (χ2n) is 4.57. The van der Waals surface area contributed by atoms with E-state index >= 15 is 0 Å². The van der Waals surface area contributed by atoms with Crippen LogP contribution in [0.4, 0.5) is 6.01 Å². The number of hydrogen-bond donors (Lipinski definition) is 2. The third-order valence-electron chi connectivity index (χ3n) is 2.88. The van der Waals surface area contributed by atoms with Gasteiger partial charge in [0.15, 0.2) is 0 Å². The summed E-state index contributed by atoms with van der Waals surface area (Å²) in [5, 5.41) is 14.4. The first-order valence-corrected chi connectivity index (χ1v) is 6.79. The molecule has 0 amide bonds. The molecule has 1 aromatic heterocycles. The van der Waals surface area contributed by atoms with E-state index in [1.165, 1.54) is 0 Å². The molecule has 2 unspecified atom stereocenters. The van der Waals surface area contributed by atoms with E-state index in [1.807, 2.05) is 6.92 Å². The summed E-state index contributed by atoms with van der Waals surface area (Å²) in [6, 6.07) is 0.492. The lowest BCUT2D eigenvalue weighted by Gasteiger charge is -2.22. The highest BCUT2D eigenvalue weighted by molar-refractivity contribution is 5.17. The van der Waals surface area contributed by atoms with Crippen LogP contribution in [-0.4, -0.2) is 49.2 Å². The molecule has 0 aromatic carbocycles. The molecule has 1 saturated heterocycles. The summed E-state index contributed by atoms with van der Waals surface area (Å²) in [6.45, 7) is 7.57. The van der Waals surface area contributed by atoms with E-state index in [1.54, 1.807) is 0 Å². The van der Waals surface area contributed by atoms with Gasteiger partial charge in [-0.2, -0.15) is 0 Å². The fourth-order valence-corrected chi connectivity index (χ4v) is 1.78. The van der Waals surface area contributed by atoms with Crippen LogP contribution in [0.15, 0.2) is 4.42 Å². The van der Waals surface area contributed by atoms with E-state index < -0.39 is 0 Å². The Balaban J connectivity index is 1.76. The number of anilines is 1. The van der Waals surface area contributed by atoms with Crippen molar-refractivity contribution in [3.63, 3.8) is 0 Å². The first-order valence-electron chi connectivity index (χ1n) is 6.79. The quantitative estimate of drug-likeness (QED) is 0.763. The highest BCUT2D eigenvalue weighted by Crippen LogP contribution is 2.13. The monoisotopic (exact) mass is 270 g/mol. The van der Waals surface area contributed by atoms with Crippen molar-refractivity contribution in [2.75, 3.05) is 38.2 Å². The molecule has 2 rings (SSSR count). The van der Waals surface area contributed by atoms with E-state index in [-0.39, 0.29) is 12.1 Å². The fraction of sp³-hybridized carbons (Fsp3) is 0.833. The van der Waals surface area contributed by atoms with Gasteiger partial charge in [-0.3, -0.25) is 0 Å². The van der Waals surface area contributed by atoms with E-state index in [9.17, 15) is 0 Å². The predicted octanol–water partition coefficient (Wildman–Crippen LogP) is 0.957. The van der Waals surface area contributed by atoms with Crippen LogP contribution in [-0.2, 0) is 9.47 Å². The van der Waals surface area contributed by atoms with Gasteiger partial charge in [-0.25, -0.2) is 0 Å². The number of aromatic nitrogens is 2. The molecule has 1 aromatic rings. The van der Waals surface area contributed by atoms with Crippen molar-refractivity contribution in [3.05, 3.63) is 5.89 Å². The molecule has 0 aliphatic carbocycles. The highest BCUT2D eigenvalue weighted by Gasteiger charge is 2.16. The van der Waals surface area contributed by atoms with Crippen LogP contribution in [0.3, 0.4) is 0 Å². The molecule has 2 N–H and O–H groups in total. The van der Waals surface area contributed by atoms with E-state index in [2.05, 4.69) is 27.8 Å². The van der Waals surface area contributed by atoms with Crippen LogP contribution >= 0.6 is 0 Å².